The van der Waals surface area contributed by atoms with E-state index in [0.717, 1.165) is 44.1 Å². The average Bonchev–Trinajstić information content (AvgIpc) is 2.93. The molecule has 4 aliphatic carbocycles. The minimum Gasteiger partial charge on any atom is -0.462 e. The molecule has 0 bridgehead atoms. The Morgan fingerprint density at radius 1 is 1.04 bits per heavy atom. The van der Waals surface area contributed by atoms with Crippen LogP contribution in [0.1, 0.15) is 79.6 Å². The largest absolute Gasteiger partial charge is 0.462 e. The van der Waals surface area contributed by atoms with Gasteiger partial charge in [-0.05, 0) is 86.5 Å². The molecule has 0 aliphatic heterocycles. The maximum absolute atomic E-state index is 12.2. The first-order valence-electron chi connectivity index (χ1n) is 10.7. The van der Waals surface area contributed by atoms with Crippen molar-refractivity contribution in [2.24, 2.45) is 28.6 Å². The lowest BCUT2D eigenvalue weighted by Gasteiger charge is -2.58. The van der Waals surface area contributed by atoms with Gasteiger partial charge in [0.25, 0.3) is 0 Å². The fraction of sp³-hybridized carbons (Fsp3) is 0.750. The Hall–Kier alpha value is -1.38. The van der Waals surface area contributed by atoms with Gasteiger partial charge < -0.3 is 4.74 Å². The summed E-state index contributed by atoms with van der Waals surface area (Å²) in [5.41, 5.74) is 4.51. The molecule has 0 spiro atoms. The summed E-state index contributed by atoms with van der Waals surface area (Å²) in [7, 11) is 0. The zero-order valence-corrected chi connectivity index (χ0v) is 17.6. The summed E-state index contributed by atoms with van der Waals surface area (Å²) >= 11 is 0. The lowest BCUT2D eigenvalue weighted by molar-refractivity contribution is -0.148. The van der Waals surface area contributed by atoms with Gasteiger partial charge >= 0.3 is 5.97 Å². The van der Waals surface area contributed by atoms with Crippen LogP contribution in [0.5, 0.6) is 0 Å². The van der Waals surface area contributed by atoms with Gasteiger partial charge in [-0.3, -0.25) is 9.59 Å². The SMILES string of the molecule is CC(=O)O[C@H]1CC[C@@]2(C)C(=C(C)C[C@@H]3[C@H]4CC=C(C(C)=O)[C@]4(C)CC[C@H]32)C1. The fourth-order valence-electron chi connectivity index (χ4n) is 7.53. The van der Waals surface area contributed by atoms with E-state index in [2.05, 4.69) is 26.8 Å². The van der Waals surface area contributed by atoms with Crippen LogP contribution in [-0.4, -0.2) is 17.9 Å². The summed E-state index contributed by atoms with van der Waals surface area (Å²) in [6.07, 6.45) is 9.91. The molecule has 0 heterocycles. The molecule has 27 heavy (non-hydrogen) atoms. The summed E-state index contributed by atoms with van der Waals surface area (Å²) in [5, 5.41) is 0. The van der Waals surface area contributed by atoms with Crippen LogP contribution < -0.4 is 0 Å². The van der Waals surface area contributed by atoms with Crippen molar-refractivity contribution in [3.63, 3.8) is 0 Å². The number of ketones is 1. The van der Waals surface area contributed by atoms with Gasteiger partial charge in [-0.15, -0.1) is 0 Å². The predicted octanol–water partition coefficient (Wildman–Crippen LogP) is 5.40. The Morgan fingerprint density at radius 3 is 2.41 bits per heavy atom. The molecule has 2 fully saturated rings. The lowest BCUT2D eigenvalue weighted by atomic mass is 9.46. The third kappa shape index (κ3) is 2.76. The Kier molecular flexibility index (Phi) is 4.44. The Bertz CT molecular complexity index is 745. The number of esters is 1. The van der Waals surface area contributed by atoms with Crippen LogP contribution in [0.3, 0.4) is 0 Å². The van der Waals surface area contributed by atoms with E-state index in [1.165, 1.54) is 18.9 Å². The molecule has 0 saturated heterocycles. The molecule has 0 aromatic heterocycles. The maximum Gasteiger partial charge on any atom is 0.302 e. The molecule has 0 aromatic carbocycles. The quantitative estimate of drug-likeness (QED) is 0.483. The second-order valence-electron chi connectivity index (χ2n) is 10.1. The highest BCUT2D eigenvalue weighted by Crippen LogP contribution is 2.66. The Balaban J connectivity index is 1.64. The predicted molar refractivity (Wildman–Crippen MR) is 106 cm³/mol. The van der Waals surface area contributed by atoms with Crippen LogP contribution >= 0.6 is 0 Å². The molecule has 4 rings (SSSR count). The average molecular weight is 371 g/mol. The van der Waals surface area contributed by atoms with E-state index in [4.69, 9.17) is 4.74 Å². The number of fused-ring (bicyclic) bond motifs is 5. The highest BCUT2D eigenvalue weighted by Gasteiger charge is 2.58. The third-order valence-corrected chi connectivity index (χ3v) is 8.71. The van der Waals surface area contributed by atoms with Gasteiger partial charge in [-0.25, -0.2) is 0 Å². The fourth-order valence-corrected chi connectivity index (χ4v) is 7.53. The van der Waals surface area contributed by atoms with Crippen molar-refractivity contribution in [3.05, 3.63) is 22.8 Å². The van der Waals surface area contributed by atoms with Crippen molar-refractivity contribution in [2.45, 2.75) is 85.7 Å². The van der Waals surface area contributed by atoms with Crippen molar-refractivity contribution in [1.29, 1.82) is 0 Å². The minimum absolute atomic E-state index is 0.0587. The summed E-state index contributed by atoms with van der Waals surface area (Å²) in [6, 6.07) is 0. The molecule has 0 amide bonds. The van der Waals surface area contributed by atoms with Crippen LogP contribution in [0.2, 0.25) is 0 Å². The molecule has 4 aliphatic rings. The van der Waals surface area contributed by atoms with Crippen LogP contribution in [0.25, 0.3) is 0 Å². The van der Waals surface area contributed by atoms with Gasteiger partial charge in [0, 0.05) is 13.3 Å². The van der Waals surface area contributed by atoms with Crippen LogP contribution in [0.4, 0.5) is 0 Å². The number of hydrogen-bond donors (Lipinski definition) is 0. The summed E-state index contributed by atoms with van der Waals surface area (Å²) < 4.78 is 5.58. The van der Waals surface area contributed by atoms with Crippen molar-refractivity contribution in [3.8, 4) is 0 Å². The molecular weight excluding hydrogens is 336 g/mol. The number of Topliss-reactive ketones (excluding diaryl/α,β-unsaturated/α-hetero) is 1. The Labute approximate surface area is 163 Å². The van der Waals surface area contributed by atoms with E-state index in [-0.39, 0.29) is 28.7 Å². The zero-order chi connectivity index (χ0) is 19.6. The first-order chi connectivity index (χ1) is 12.7. The van der Waals surface area contributed by atoms with E-state index >= 15 is 0 Å². The minimum atomic E-state index is -0.155. The highest BCUT2D eigenvalue weighted by atomic mass is 16.5. The number of carbonyl (C=O) groups excluding carboxylic acids is 2. The molecule has 3 nitrogen and oxygen atoms in total. The van der Waals surface area contributed by atoms with Crippen molar-refractivity contribution in [2.75, 3.05) is 0 Å². The Morgan fingerprint density at radius 2 is 1.74 bits per heavy atom. The molecule has 0 radical (unpaired) electrons. The monoisotopic (exact) mass is 370 g/mol. The molecule has 0 unspecified atom stereocenters. The third-order valence-electron chi connectivity index (χ3n) is 8.71. The zero-order valence-electron chi connectivity index (χ0n) is 17.6. The molecule has 0 N–H and O–H groups in total. The lowest BCUT2D eigenvalue weighted by Crippen LogP contribution is -2.51. The standard InChI is InChI=1S/C24H34O3/c1-14-12-18-20-7-6-19(15(2)25)23(20,4)11-9-21(18)24(5)10-8-17(13-22(14)24)27-16(3)26/h6,17-18,20-21H,7-13H2,1-5H3/t17-,18+,20+,21+,23-,24+/m0/s1. The number of hydrogen-bond acceptors (Lipinski definition) is 3. The number of allylic oxidation sites excluding steroid dienone is 3. The second-order valence-corrected chi connectivity index (χ2v) is 10.1. The van der Waals surface area contributed by atoms with E-state index < -0.39 is 0 Å². The van der Waals surface area contributed by atoms with Crippen LogP contribution in [-0.2, 0) is 14.3 Å². The molecular formula is C24H34O3. The summed E-state index contributed by atoms with van der Waals surface area (Å²) in [6.45, 7) is 10.4. The van der Waals surface area contributed by atoms with Crippen molar-refractivity contribution < 1.29 is 14.3 Å². The van der Waals surface area contributed by atoms with E-state index in [0.29, 0.717) is 17.8 Å². The number of rotatable bonds is 2. The number of ether oxygens (including phenoxy) is 1. The van der Waals surface area contributed by atoms with Crippen molar-refractivity contribution in [1.82, 2.24) is 0 Å². The highest BCUT2D eigenvalue weighted by molar-refractivity contribution is 5.95. The van der Waals surface area contributed by atoms with Crippen molar-refractivity contribution >= 4 is 11.8 Å². The van der Waals surface area contributed by atoms with E-state index in [1.807, 2.05) is 0 Å². The first kappa shape index (κ1) is 19.0. The van der Waals surface area contributed by atoms with Gasteiger partial charge in [0.05, 0.1) is 0 Å². The van der Waals surface area contributed by atoms with Crippen LogP contribution in [0, 0.1) is 28.6 Å². The van der Waals surface area contributed by atoms with Gasteiger partial charge in [-0.2, -0.15) is 0 Å². The smallest absolute Gasteiger partial charge is 0.302 e. The second kappa shape index (κ2) is 6.32. The van der Waals surface area contributed by atoms with Gasteiger partial charge in [-0.1, -0.05) is 31.1 Å². The van der Waals surface area contributed by atoms with Gasteiger partial charge in [0.2, 0.25) is 0 Å². The van der Waals surface area contributed by atoms with Gasteiger partial charge in [0.15, 0.2) is 5.78 Å². The normalized spacial score (nSPS) is 43.4. The summed E-state index contributed by atoms with van der Waals surface area (Å²) in [4.78, 5) is 23.7. The summed E-state index contributed by atoms with van der Waals surface area (Å²) in [5.74, 6) is 2.10. The van der Waals surface area contributed by atoms with E-state index in [1.54, 1.807) is 12.5 Å². The maximum atomic E-state index is 12.2. The van der Waals surface area contributed by atoms with E-state index in [9.17, 15) is 9.59 Å². The number of carbonyl (C=O) groups is 2. The molecule has 2 saturated carbocycles. The van der Waals surface area contributed by atoms with Gasteiger partial charge in [0.1, 0.15) is 6.10 Å². The molecule has 3 heteroatoms. The molecule has 148 valence electrons. The first-order valence-corrected chi connectivity index (χ1v) is 10.7. The topological polar surface area (TPSA) is 43.4 Å². The molecule has 0 aromatic rings. The van der Waals surface area contributed by atoms with Crippen LogP contribution in [0.15, 0.2) is 22.8 Å². The molecule has 6 atom stereocenters.